The largest absolute Gasteiger partial charge is 0.292 e. The molecule has 0 saturated carbocycles. The maximum atomic E-state index is 11.8. The topological polar surface area (TPSA) is 42.9 Å². The zero-order chi connectivity index (χ0) is 12.2. The van der Waals surface area contributed by atoms with E-state index in [4.69, 9.17) is 0 Å². The smallest absolute Gasteiger partial charge is 0.183 e. The summed E-state index contributed by atoms with van der Waals surface area (Å²) < 4.78 is 0. The first-order chi connectivity index (χ1) is 7.38. The average molecular weight is 220 g/mol. The third-order valence-electron chi connectivity index (χ3n) is 2.34. The zero-order valence-electron chi connectivity index (χ0n) is 10.5. The highest BCUT2D eigenvalue weighted by atomic mass is 16.1. The van der Waals surface area contributed by atoms with Gasteiger partial charge in [-0.25, -0.2) is 4.98 Å². The van der Waals surface area contributed by atoms with E-state index < -0.39 is 0 Å². The van der Waals surface area contributed by atoms with Crippen LogP contribution in [-0.4, -0.2) is 15.8 Å². The molecule has 0 aliphatic rings. The summed E-state index contributed by atoms with van der Waals surface area (Å²) >= 11 is 0. The van der Waals surface area contributed by atoms with Gasteiger partial charge < -0.3 is 0 Å². The van der Waals surface area contributed by atoms with Gasteiger partial charge in [-0.3, -0.25) is 9.78 Å². The molecule has 1 unspecified atom stereocenters. The van der Waals surface area contributed by atoms with Crippen molar-refractivity contribution in [3.63, 3.8) is 0 Å². The number of carbonyl (C=O) groups excluding carboxylic acids is 1. The van der Waals surface area contributed by atoms with Crippen LogP contribution in [0, 0.1) is 11.3 Å². The van der Waals surface area contributed by atoms with Crippen molar-refractivity contribution < 1.29 is 4.79 Å². The summed E-state index contributed by atoms with van der Waals surface area (Å²) in [5.41, 5.74) is 0.741. The van der Waals surface area contributed by atoms with Crippen molar-refractivity contribution in [3.05, 3.63) is 24.3 Å². The van der Waals surface area contributed by atoms with Crippen molar-refractivity contribution in [2.75, 3.05) is 0 Å². The van der Waals surface area contributed by atoms with Crippen molar-refractivity contribution in [2.45, 2.75) is 40.5 Å². The first kappa shape index (κ1) is 12.8. The molecule has 1 aromatic rings. The van der Waals surface area contributed by atoms with E-state index in [9.17, 15) is 4.79 Å². The minimum absolute atomic E-state index is 0.0878. The molecule has 16 heavy (non-hydrogen) atoms. The molecule has 3 nitrogen and oxygen atoms in total. The van der Waals surface area contributed by atoms with E-state index in [1.807, 2.05) is 0 Å². The molecule has 0 radical (unpaired) electrons. The lowest BCUT2D eigenvalue weighted by Crippen LogP contribution is -2.15. The van der Waals surface area contributed by atoms with Crippen LogP contribution in [0.3, 0.4) is 0 Å². The lowest BCUT2D eigenvalue weighted by molar-refractivity contribution is 0.0949. The van der Waals surface area contributed by atoms with Gasteiger partial charge in [-0.1, -0.05) is 27.7 Å². The molecule has 0 aliphatic carbocycles. The molecule has 0 N–H and O–H groups in total. The monoisotopic (exact) mass is 220 g/mol. The van der Waals surface area contributed by atoms with Crippen LogP contribution >= 0.6 is 0 Å². The summed E-state index contributed by atoms with van der Waals surface area (Å²) in [7, 11) is 0. The molecule has 0 fully saturated rings. The van der Waals surface area contributed by atoms with Gasteiger partial charge in [-0.05, 0) is 17.8 Å². The molecule has 0 amide bonds. The van der Waals surface area contributed by atoms with Crippen LogP contribution in [0.4, 0.5) is 0 Å². The molecule has 0 aromatic carbocycles. The number of ketones is 1. The molecule has 0 aliphatic heterocycles. The summed E-state index contributed by atoms with van der Waals surface area (Å²) in [6, 6.07) is 0. The molecule has 3 heteroatoms. The van der Waals surface area contributed by atoms with Crippen LogP contribution < -0.4 is 0 Å². The Morgan fingerprint density at radius 1 is 1.38 bits per heavy atom. The summed E-state index contributed by atoms with van der Waals surface area (Å²) in [5.74, 6) is 0.472. The number of nitrogens with zero attached hydrogens (tertiary/aromatic N) is 2. The Morgan fingerprint density at radius 3 is 2.56 bits per heavy atom. The minimum Gasteiger partial charge on any atom is -0.292 e. The van der Waals surface area contributed by atoms with E-state index in [1.54, 1.807) is 12.4 Å². The highest BCUT2D eigenvalue weighted by Gasteiger charge is 2.18. The number of aromatic nitrogens is 2. The van der Waals surface area contributed by atoms with E-state index in [2.05, 4.69) is 37.7 Å². The van der Waals surface area contributed by atoms with Crippen molar-refractivity contribution >= 4 is 5.78 Å². The van der Waals surface area contributed by atoms with Gasteiger partial charge in [-0.2, -0.15) is 0 Å². The average Bonchev–Trinajstić information content (AvgIpc) is 2.16. The number of rotatable bonds is 4. The van der Waals surface area contributed by atoms with Crippen molar-refractivity contribution in [2.24, 2.45) is 11.3 Å². The standard InChI is InChI=1S/C13H20N2O/c1-10(8-13(2,3)4)7-12(16)11-9-14-5-6-15-11/h5-6,9-10H,7-8H2,1-4H3. The minimum atomic E-state index is 0.0878. The van der Waals surface area contributed by atoms with Gasteiger partial charge >= 0.3 is 0 Å². The van der Waals surface area contributed by atoms with E-state index in [0.717, 1.165) is 6.42 Å². The predicted octanol–water partition coefficient (Wildman–Crippen LogP) is 3.12. The SMILES string of the molecule is CC(CC(=O)c1cnccn1)CC(C)(C)C. The van der Waals surface area contributed by atoms with Gasteiger partial charge in [0.05, 0.1) is 6.20 Å². The zero-order valence-corrected chi connectivity index (χ0v) is 10.5. The van der Waals surface area contributed by atoms with E-state index in [-0.39, 0.29) is 11.2 Å². The van der Waals surface area contributed by atoms with E-state index >= 15 is 0 Å². The molecule has 88 valence electrons. The maximum absolute atomic E-state index is 11.8. The lowest BCUT2D eigenvalue weighted by atomic mass is 9.83. The normalized spacial score (nSPS) is 13.5. The quantitative estimate of drug-likeness (QED) is 0.732. The Balaban J connectivity index is 2.53. The number of hydrogen-bond donors (Lipinski definition) is 0. The fraction of sp³-hybridized carbons (Fsp3) is 0.615. The fourth-order valence-electron chi connectivity index (χ4n) is 1.98. The van der Waals surface area contributed by atoms with Gasteiger partial charge in [0.1, 0.15) is 5.69 Å². The first-order valence-corrected chi connectivity index (χ1v) is 5.68. The van der Waals surface area contributed by atoms with Gasteiger partial charge in [0.2, 0.25) is 0 Å². The van der Waals surface area contributed by atoms with Crippen LogP contribution in [0.2, 0.25) is 0 Å². The molecule has 0 bridgehead atoms. The Hall–Kier alpha value is -1.25. The highest BCUT2D eigenvalue weighted by molar-refractivity contribution is 5.93. The van der Waals surface area contributed by atoms with Crippen LogP contribution in [0.5, 0.6) is 0 Å². The second kappa shape index (κ2) is 5.19. The third-order valence-corrected chi connectivity index (χ3v) is 2.34. The number of Topliss-reactive ketones (excluding diaryl/α,β-unsaturated/α-hetero) is 1. The Bertz CT molecular complexity index is 341. The fourth-order valence-corrected chi connectivity index (χ4v) is 1.98. The van der Waals surface area contributed by atoms with Crippen LogP contribution in [0.1, 0.15) is 51.0 Å². The summed E-state index contributed by atoms with van der Waals surface area (Å²) in [6.07, 6.45) is 6.26. The van der Waals surface area contributed by atoms with Gasteiger partial charge in [-0.15, -0.1) is 0 Å². The highest BCUT2D eigenvalue weighted by Crippen LogP contribution is 2.26. The van der Waals surface area contributed by atoms with Gasteiger partial charge in [0.15, 0.2) is 5.78 Å². The lowest BCUT2D eigenvalue weighted by Gasteiger charge is -2.22. The molecule has 1 atom stereocenters. The van der Waals surface area contributed by atoms with Crippen LogP contribution in [-0.2, 0) is 0 Å². The van der Waals surface area contributed by atoms with Crippen molar-refractivity contribution in [3.8, 4) is 0 Å². The van der Waals surface area contributed by atoms with Gasteiger partial charge in [0.25, 0.3) is 0 Å². The summed E-state index contributed by atoms with van der Waals surface area (Å²) in [4.78, 5) is 19.8. The van der Waals surface area contributed by atoms with Crippen LogP contribution in [0.15, 0.2) is 18.6 Å². The molecule has 1 aromatic heterocycles. The van der Waals surface area contributed by atoms with E-state index in [0.29, 0.717) is 18.0 Å². The first-order valence-electron chi connectivity index (χ1n) is 5.68. The number of hydrogen-bond acceptors (Lipinski definition) is 3. The summed E-state index contributed by atoms with van der Waals surface area (Å²) in [6.45, 7) is 8.68. The molecule has 0 spiro atoms. The Kier molecular flexibility index (Phi) is 4.16. The number of carbonyl (C=O) groups is 1. The van der Waals surface area contributed by atoms with Crippen molar-refractivity contribution in [1.29, 1.82) is 0 Å². The molecular formula is C13H20N2O. The Morgan fingerprint density at radius 2 is 2.06 bits per heavy atom. The Labute approximate surface area is 97.3 Å². The van der Waals surface area contributed by atoms with Crippen LogP contribution in [0.25, 0.3) is 0 Å². The van der Waals surface area contributed by atoms with E-state index in [1.165, 1.54) is 6.20 Å². The third kappa shape index (κ3) is 4.51. The van der Waals surface area contributed by atoms with Crippen molar-refractivity contribution in [1.82, 2.24) is 9.97 Å². The molecule has 0 saturated heterocycles. The summed E-state index contributed by atoms with van der Waals surface area (Å²) in [5, 5.41) is 0. The van der Waals surface area contributed by atoms with Gasteiger partial charge in [0, 0.05) is 18.8 Å². The molecule has 1 heterocycles. The second-order valence-electron chi connectivity index (χ2n) is 5.59. The predicted molar refractivity (Wildman–Crippen MR) is 64.2 cm³/mol. The maximum Gasteiger partial charge on any atom is 0.183 e. The second-order valence-corrected chi connectivity index (χ2v) is 5.59. The molecular weight excluding hydrogens is 200 g/mol. The molecule has 1 rings (SSSR count).